The lowest BCUT2D eigenvalue weighted by Crippen LogP contribution is -2.21. The zero-order chi connectivity index (χ0) is 17.6. The quantitative estimate of drug-likeness (QED) is 0.634. The molecule has 0 unspecified atom stereocenters. The molecule has 1 aromatic carbocycles. The van der Waals surface area contributed by atoms with Crippen LogP contribution in [0.3, 0.4) is 0 Å². The van der Waals surface area contributed by atoms with Gasteiger partial charge in [0.2, 0.25) is 5.91 Å². The van der Waals surface area contributed by atoms with Crippen LogP contribution < -0.4 is 20.2 Å². The molecule has 0 radical (unpaired) electrons. The van der Waals surface area contributed by atoms with Gasteiger partial charge < -0.3 is 14.8 Å². The number of hydrogen-bond donors (Lipinski definition) is 2. The molecule has 1 aliphatic rings. The van der Waals surface area contributed by atoms with Gasteiger partial charge >= 0.3 is 0 Å². The average Bonchev–Trinajstić information content (AvgIpc) is 3.14. The molecule has 130 valence electrons. The van der Waals surface area contributed by atoms with E-state index in [1.54, 1.807) is 37.3 Å². The van der Waals surface area contributed by atoms with Crippen LogP contribution in [-0.4, -0.2) is 30.7 Å². The first-order chi connectivity index (χ1) is 12.1. The number of amides is 2. The molecular weight excluding hydrogens is 342 g/mol. The van der Waals surface area contributed by atoms with Crippen LogP contribution in [0.2, 0.25) is 0 Å². The topological polar surface area (TPSA) is 89.0 Å². The van der Waals surface area contributed by atoms with Gasteiger partial charge in [0.05, 0.1) is 11.3 Å². The Morgan fingerprint density at radius 2 is 2.00 bits per heavy atom. The molecule has 25 heavy (non-hydrogen) atoms. The first-order valence-corrected chi connectivity index (χ1v) is 8.56. The predicted octanol–water partition coefficient (Wildman–Crippen LogP) is 2.65. The summed E-state index contributed by atoms with van der Waals surface area (Å²) < 4.78 is 10.9. The van der Waals surface area contributed by atoms with Gasteiger partial charge in [-0.25, -0.2) is 5.43 Å². The van der Waals surface area contributed by atoms with E-state index in [9.17, 15) is 9.59 Å². The van der Waals surface area contributed by atoms with Crippen molar-refractivity contribution in [2.75, 3.05) is 18.5 Å². The summed E-state index contributed by atoms with van der Waals surface area (Å²) in [5, 5.41) is 8.53. The number of rotatable bonds is 5. The van der Waals surface area contributed by atoms with Crippen molar-refractivity contribution in [3.63, 3.8) is 0 Å². The largest absolute Gasteiger partial charge is 0.486 e. The van der Waals surface area contributed by atoms with Crippen molar-refractivity contribution in [2.24, 2.45) is 5.10 Å². The van der Waals surface area contributed by atoms with Gasteiger partial charge in [-0.3, -0.25) is 9.59 Å². The number of ether oxygens (including phenoxy) is 2. The Hall–Kier alpha value is -2.87. The number of hydrazone groups is 1. The van der Waals surface area contributed by atoms with Gasteiger partial charge in [-0.2, -0.15) is 5.10 Å². The van der Waals surface area contributed by atoms with Crippen molar-refractivity contribution < 1.29 is 19.1 Å². The third-order valence-corrected chi connectivity index (χ3v) is 4.20. The van der Waals surface area contributed by atoms with Gasteiger partial charge in [-0.1, -0.05) is 6.07 Å². The molecule has 0 saturated heterocycles. The van der Waals surface area contributed by atoms with E-state index in [0.717, 1.165) is 0 Å². The molecule has 0 saturated carbocycles. The Balaban J connectivity index is 1.53. The van der Waals surface area contributed by atoms with E-state index in [4.69, 9.17) is 9.47 Å². The molecule has 0 bridgehead atoms. The number of benzene rings is 1. The number of nitrogens with one attached hydrogen (secondary N) is 2. The number of carbonyl (C=O) groups is 2. The molecule has 2 N–H and O–H groups in total. The SMILES string of the molecule is C/C(CC(=O)Nc1ccc2c(c1)OCCO2)=N/NC(=O)c1cccs1. The molecule has 1 aliphatic heterocycles. The molecule has 2 aromatic rings. The molecule has 8 heteroatoms. The van der Waals surface area contributed by atoms with Gasteiger partial charge in [0.15, 0.2) is 11.5 Å². The zero-order valence-electron chi connectivity index (χ0n) is 13.6. The summed E-state index contributed by atoms with van der Waals surface area (Å²) in [5.41, 5.74) is 3.55. The van der Waals surface area contributed by atoms with E-state index in [1.165, 1.54) is 11.3 Å². The molecule has 0 atom stereocenters. The van der Waals surface area contributed by atoms with Crippen LogP contribution in [0.4, 0.5) is 5.69 Å². The summed E-state index contributed by atoms with van der Waals surface area (Å²) in [6.45, 7) is 2.68. The molecule has 0 fully saturated rings. The van der Waals surface area contributed by atoms with E-state index in [2.05, 4.69) is 15.8 Å². The average molecular weight is 359 g/mol. The van der Waals surface area contributed by atoms with Crippen LogP contribution in [0.15, 0.2) is 40.8 Å². The molecule has 2 heterocycles. The smallest absolute Gasteiger partial charge is 0.281 e. The first-order valence-electron chi connectivity index (χ1n) is 7.68. The van der Waals surface area contributed by atoms with Gasteiger partial charge in [0.1, 0.15) is 13.2 Å². The van der Waals surface area contributed by atoms with Crippen molar-refractivity contribution in [3.05, 3.63) is 40.6 Å². The van der Waals surface area contributed by atoms with Gasteiger partial charge in [0, 0.05) is 17.5 Å². The Morgan fingerprint density at radius 1 is 1.20 bits per heavy atom. The van der Waals surface area contributed by atoms with E-state index >= 15 is 0 Å². The second-order valence-corrected chi connectivity index (χ2v) is 6.30. The molecular formula is C17H17N3O4S. The minimum absolute atomic E-state index is 0.0686. The fourth-order valence-corrected chi connectivity index (χ4v) is 2.82. The predicted molar refractivity (Wildman–Crippen MR) is 95.6 cm³/mol. The molecule has 7 nitrogen and oxygen atoms in total. The van der Waals surface area contributed by atoms with Crippen molar-refractivity contribution in [3.8, 4) is 11.5 Å². The van der Waals surface area contributed by atoms with Crippen molar-refractivity contribution in [2.45, 2.75) is 13.3 Å². The number of thiophene rings is 1. The third-order valence-electron chi connectivity index (χ3n) is 3.34. The third kappa shape index (κ3) is 4.57. The van der Waals surface area contributed by atoms with Crippen LogP contribution in [0.1, 0.15) is 23.0 Å². The molecule has 0 aliphatic carbocycles. The Bertz CT molecular complexity index is 802. The van der Waals surface area contributed by atoms with Crippen molar-refractivity contribution in [1.82, 2.24) is 5.43 Å². The summed E-state index contributed by atoms with van der Waals surface area (Å²) in [5.74, 6) is 0.751. The Labute approximate surface area is 148 Å². The van der Waals surface area contributed by atoms with Crippen molar-refractivity contribution >= 4 is 34.6 Å². The highest BCUT2D eigenvalue weighted by Gasteiger charge is 2.13. The molecule has 0 spiro atoms. The van der Waals surface area contributed by atoms with Crippen molar-refractivity contribution in [1.29, 1.82) is 0 Å². The molecule has 2 amide bonds. The van der Waals surface area contributed by atoms with Crippen LogP contribution in [0, 0.1) is 0 Å². The summed E-state index contributed by atoms with van der Waals surface area (Å²) in [4.78, 5) is 24.4. The lowest BCUT2D eigenvalue weighted by atomic mass is 10.2. The summed E-state index contributed by atoms with van der Waals surface area (Å²) in [6, 6.07) is 8.72. The summed E-state index contributed by atoms with van der Waals surface area (Å²) in [7, 11) is 0. The fourth-order valence-electron chi connectivity index (χ4n) is 2.21. The minimum atomic E-state index is -0.290. The molecule has 1 aromatic heterocycles. The maximum atomic E-state index is 12.1. The van der Waals surface area contributed by atoms with E-state index in [1.807, 2.05) is 5.38 Å². The number of anilines is 1. The second-order valence-electron chi connectivity index (χ2n) is 5.35. The van der Waals surface area contributed by atoms with E-state index in [-0.39, 0.29) is 18.2 Å². The maximum Gasteiger partial charge on any atom is 0.281 e. The lowest BCUT2D eigenvalue weighted by molar-refractivity contribution is -0.115. The van der Waals surface area contributed by atoms with Crippen LogP contribution in [-0.2, 0) is 4.79 Å². The maximum absolute atomic E-state index is 12.1. The Kier molecular flexibility index (Phi) is 5.30. The summed E-state index contributed by atoms with van der Waals surface area (Å²) >= 11 is 1.33. The highest BCUT2D eigenvalue weighted by molar-refractivity contribution is 7.12. The monoisotopic (exact) mass is 359 g/mol. The van der Waals surface area contributed by atoms with Crippen LogP contribution >= 0.6 is 11.3 Å². The van der Waals surface area contributed by atoms with Gasteiger partial charge in [0.25, 0.3) is 5.91 Å². The Morgan fingerprint density at radius 3 is 2.76 bits per heavy atom. The van der Waals surface area contributed by atoms with Crippen LogP contribution in [0.5, 0.6) is 11.5 Å². The number of fused-ring (bicyclic) bond motifs is 1. The van der Waals surface area contributed by atoms with E-state index in [0.29, 0.717) is 41.0 Å². The number of nitrogens with zero attached hydrogens (tertiary/aromatic N) is 1. The highest BCUT2D eigenvalue weighted by Crippen LogP contribution is 2.32. The first kappa shape index (κ1) is 17.0. The lowest BCUT2D eigenvalue weighted by Gasteiger charge is -2.19. The normalized spacial score (nSPS) is 13.2. The number of carbonyl (C=O) groups excluding carboxylic acids is 2. The minimum Gasteiger partial charge on any atom is -0.486 e. The standard InChI is InChI=1S/C17H17N3O4S/c1-11(19-20-17(22)15-3-2-8-25-15)9-16(21)18-12-4-5-13-14(10-12)24-7-6-23-13/h2-5,8,10H,6-7,9H2,1H3,(H,18,21)(H,20,22)/b19-11-. The fraction of sp³-hybridized carbons (Fsp3) is 0.235. The van der Waals surface area contributed by atoms with Gasteiger partial charge in [-0.15, -0.1) is 11.3 Å². The molecule has 3 rings (SSSR count). The second kappa shape index (κ2) is 7.80. The summed E-state index contributed by atoms with van der Waals surface area (Å²) in [6.07, 6.45) is 0.0686. The van der Waals surface area contributed by atoms with Gasteiger partial charge in [-0.05, 0) is 30.5 Å². The van der Waals surface area contributed by atoms with Crippen LogP contribution in [0.25, 0.3) is 0 Å². The van der Waals surface area contributed by atoms with E-state index < -0.39 is 0 Å². The highest BCUT2D eigenvalue weighted by atomic mass is 32.1. The zero-order valence-corrected chi connectivity index (χ0v) is 14.4. The number of hydrogen-bond acceptors (Lipinski definition) is 6.